The zero-order chi connectivity index (χ0) is 18.0. The van der Waals surface area contributed by atoms with Gasteiger partial charge in [0.1, 0.15) is 6.07 Å². The molecule has 1 aromatic heterocycles. The monoisotopic (exact) mass is 354 g/mol. The van der Waals surface area contributed by atoms with Crippen LogP contribution in [-0.4, -0.2) is 21.2 Å². The molecule has 2 heterocycles. The van der Waals surface area contributed by atoms with Crippen molar-refractivity contribution in [2.45, 2.75) is 32.0 Å². The molecule has 1 aliphatic heterocycles. The molecule has 25 heavy (non-hydrogen) atoms. The highest BCUT2D eigenvalue weighted by atomic mass is 32.2. The summed E-state index contributed by atoms with van der Waals surface area (Å²) in [6.07, 6.45) is 0.620. The van der Waals surface area contributed by atoms with E-state index in [4.69, 9.17) is 5.26 Å². The number of hydrogen-bond acceptors (Lipinski definition) is 5. The van der Waals surface area contributed by atoms with E-state index in [1.54, 1.807) is 28.8 Å². The van der Waals surface area contributed by atoms with E-state index in [0.717, 1.165) is 5.69 Å². The highest BCUT2D eigenvalue weighted by Crippen LogP contribution is 2.27. The van der Waals surface area contributed by atoms with Crippen LogP contribution in [0.3, 0.4) is 0 Å². The Bertz CT molecular complexity index is 930. The molecule has 6 nitrogen and oxygen atoms in total. The summed E-state index contributed by atoms with van der Waals surface area (Å²) in [4.78, 5) is 29.7. The van der Waals surface area contributed by atoms with Crippen LogP contribution in [0.15, 0.2) is 34.2 Å². The number of thioether (sulfide) groups is 1. The van der Waals surface area contributed by atoms with Crippen LogP contribution in [0.5, 0.6) is 0 Å². The molecule has 1 unspecified atom stereocenters. The number of carbonyl (C=O) groups is 1. The Morgan fingerprint density at radius 1 is 1.48 bits per heavy atom. The zero-order valence-corrected chi connectivity index (χ0v) is 14.9. The van der Waals surface area contributed by atoms with Crippen LogP contribution >= 0.6 is 11.8 Å². The van der Waals surface area contributed by atoms with E-state index in [1.807, 2.05) is 13.8 Å². The number of aryl methyl sites for hydroxylation is 1. The van der Waals surface area contributed by atoms with Gasteiger partial charge in [-0.05, 0) is 25.5 Å². The first-order valence-corrected chi connectivity index (χ1v) is 9.06. The fourth-order valence-corrected chi connectivity index (χ4v) is 4.01. The Kier molecular flexibility index (Phi) is 4.91. The normalized spacial score (nSPS) is 16.0. The van der Waals surface area contributed by atoms with Gasteiger partial charge in [-0.25, -0.2) is 4.98 Å². The summed E-state index contributed by atoms with van der Waals surface area (Å²) in [5, 5.41) is 12.6. The van der Waals surface area contributed by atoms with Crippen LogP contribution < -0.4 is 10.9 Å². The van der Waals surface area contributed by atoms with Crippen LogP contribution in [0.1, 0.15) is 23.7 Å². The van der Waals surface area contributed by atoms with Crippen molar-refractivity contribution in [1.29, 1.82) is 5.26 Å². The molecule has 0 aliphatic carbocycles. The van der Waals surface area contributed by atoms with E-state index >= 15 is 0 Å². The molecule has 0 bridgehead atoms. The Morgan fingerprint density at radius 2 is 2.24 bits per heavy atom. The summed E-state index contributed by atoms with van der Waals surface area (Å²) in [6.45, 7) is 4.08. The third kappa shape index (κ3) is 3.30. The highest BCUT2D eigenvalue weighted by Gasteiger charge is 2.28. The molecule has 128 valence electrons. The molecule has 2 aromatic rings. The lowest BCUT2D eigenvalue weighted by Gasteiger charge is -2.25. The third-order valence-corrected chi connectivity index (χ3v) is 5.42. The summed E-state index contributed by atoms with van der Waals surface area (Å²) in [5.41, 5.74) is 2.31. The van der Waals surface area contributed by atoms with E-state index in [-0.39, 0.29) is 17.4 Å². The molecule has 3 rings (SSSR count). The van der Waals surface area contributed by atoms with Crippen molar-refractivity contribution in [3.8, 4) is 6.07 Å². The molecule has 7 heteroatoms. The number of anilines is 1. The van der Waals surface area contributed by atoms with Crippen LogP contribution in [0.4, 0.5) is 5.69 Å². The maximum absolute atomic E-state index is 12.6. The van der Waals surface area contributed by atoms with Crippen molar-refractivity contribution in [3.05, 3.63) is 51.4 Å². The Balaban J connectivity index is 1.84. The summed E-state index contributed by atoms with van der Waals surface area (Å²) < 4.78 is 1.60. The van der Waals surface area contributed by atoms with Gasteiger partial charge < -0.3 is 5.32 Å². The van der Waals surface area contributed by atoms with E-state index in [2.05, 4.69) is 16.4 Å². The van der Waals surface area contributed by atoms with Gasteiger partial charge >= 0.3 is 0 Å². The first-order chi connectivity index (χ1) is 12.0. The number of benzene rings is 1. The second-order valence-corrected chi connectivity index (χ2v) is 6.87. The number of fused-ring (bicyclic) bond motifs is 1. The van der Waals surface area contributed by atoms with Crippen molar-refractivity contribution >= 4 is 23.4 Å². The fraction of sp³-hybridized carbons (Fsp3) is 0.333. The number of nitrogens with one attached hydrogen (secondary N) is 1. The summed E-state index contributed by atoms with van der Waals surface area (Å²) in [7, 11) is 0. The van der Waals surface area contributed by atoms with Crippen molar-refractivity contribution in [2.24, 2.45) is 5.92 Å². The van der Waals surface area contributed by atoms with Gasteiger partial charge in [0.05, 0.1) is 17.2 Å². The number of hydrogen-bond donors (Lipinski definition) is 1. The SMILES string of the molecule is CCc1c(C)nc2n(c1=O)CC(C(=O)Nc1ccccc1C#N)CS2. The maximum Gasteiger partial charge on any atom is 0.257 e. The zero-order valence-electron chi connectivity index (χ0n) is 14.1. The Labute approximate surface area is 149 Å². The quantitative estimate of drug-likeness (QED) is 0.855. The number of aromatic nitrogens is 2. The lowest BCUT2D eigenvalue weighted by molar-refractivity contribution is -0.119. The van der Waals surface area contributed by atoms with Gasteiger partial charge in [-0.15, -0.1) is 0 Å². The van der Waals surface area contributed by atoms with Crippen molar-refractivity contribution < 1.29 is 4.79 Å². The first kappa shape index (κ1) is 17.2. The molecule has 0 spiro atoms. The van der Waals surface area contributed by atoms with Gasteiger partial charge in [0.2, 0.25) is 5.91 Å². The van der Waals surface area contributed by atoms with Crippen molar-refractivity contribution in [3.63, 3.8) is 0 Å². The fourth-order valence-electron chi connectivity index (χ4n) is 2.89. The number of carbonyl (C=O) groups excluding carboxylic acids is 1. The van der Waals surface area contributed by atoms with Crippen molar-refractivity contribution in [1.82, 2.24) is 9.55 Å². The predicted molar refractivity (Wildman–Crippen MR) is 96.6 cm³/mol. The standard InChI is InChI=1S/C18H18N4O2S/c1-3-14-11(2)20-18-22(17(14)24)9-13(10-25-18)16(23)21-15-7-5-4-6-12(15)8-19/h4-7,13H,3,9-10H2,1-2H3,(H,21,23). The van der Waals surface area contributed by atoms with E-state index in [1.165, 1.54) is 11.8 Å². The van der Waals surface area contributed by atoms with Gasteiger partial charge in [0, 0.05) is 23.6 Å². The molecule has 0 fully saturated rings. The van der Waals surface area contributed by atoms with Gasteiger partial charge in [-0.1, -0.05) is 30.8 Å². The van der Waals surface area contributed by atoms with Crippen LogP contribution in [0, 0.1) is 24.2 Å². The van der Waals surface area contributed by atoms with Crippen LogP contribution in [0.25, 0.3) is 0 Å². The van der Waals surface area contributed by atoms with E-state index in [9.17, 15) is 9.59 Å². The molecule has 0 saturated carbocycles. The summed E-state index contributed by atoms with van der Waals surface area (Å²) in [6, 6.07) is 8.94. The number of rotatable bonds is 3. The molecular weight excluding hydrogens is 336 g/mol. The molecule has 1 N–H and O–H groups in total. The van der Waals surface area contributed by atoms with E-state index < -0.39 is 0 Å². The lowest BCUT2D eigenvalue weighted by atomic mass is 10.1. The number of nitrogens with zero attached hydrogens (tertiary/aromatic N) is 3. The molecule has 1 aliphatic rings. The number of para-hydroxylation sites is 1. The highest BCUT2D eigenvalue weighted by molar-refractivity contribution is 7.99. The van der Waals surface area contributed by atoms with Crippen LogP contribution in [-0.2, 0) is 17.8 Å². The van der Waals surface area contributed by atoms with Crippen molar-refractivity contribution in [2.75, 3.05) is 11.1 Å². The van der Waals surface area contributed by atoms with Gasteiger partial charge in [-0.3, -0.25) is 14.2 Å². The largest absolute Gasteiger partial charge is 0.325 e. The molecule has 1 amide bonds. The lowest BCUT2D eigenvalue weighted by Crippen LogP contribution is -2.38. The second-order valence-electron chi connectivity index (χ2n) is 5.88. The minimum Gasteiger partial charge on any atom is -0.325 e. The second kappa shape index (κ2) is 7.11. The minimum absolute atomic E-state index is 0.0626. The Morgan fingerprint density at radius 3 is 2.96 bits per heavy atom. The smallest absolute Gasteiger partial charge is 0.257 e. The first-order valence-electron chi connectivity index (χ1n) is 8.08. The summed E-state index contributed by atoms with van der Waals surface area (Å²) >= 11 is 1.42. The Hall–Kier alpha value is -2.59. The molecular formula is C18H18N4O2S. The third-order valence-electron chi connectivity index (χ3n) is 4.28. The average Bonchev–Trinajstić information content (AvgIpc) is 2.62. The molecule has 1 aromatic carbocycles. The maximum atomic E-state index is 12.6. The average molecular weight is 354 g/mol. The number of amides is 1. The topological polar surface area (TPSA) is 87.8 Å². The predicted octanol–water partition coefficient (Wildman–Crippen LogP) is 2.35. The van der Waals surface area contributed by atoms with Crippen LogP contribution in [0.2, 0.25) is 0 Å². The molecule has 0 saturated heterocycles. The van der Waals surface area contributed by atoms with E-state index in [0.29, 0.717) is 40.7 Å². The summed E-state index contributed by atoms with van der Waals surface area (Å²) in [5.74, 6) is 0.0142. The van der Waals surface area contributed by atoms with Gasteiger partial charge in [0.25, 0.3) is 5.56 Å². The molecule has 0 radical (unpaired) electrons. The van der Waals surface area contributed by atoms with Gasteiger partial charge in [0.15, 0.2) is 5.16 Å². The molecule has 1 atom stereocenters. The van der Waals surface area contributed by atoms with Gasteiger partial charge in [-0.2, -0.15) is 5.26 Å². The number of nitriles is 1. The minimum atomic E-state index is -0.351.